The number of ketones is 1. The second-order valence-corrected chi connectivity index (χ2v) is 10.3. The Morgan fingerprint density at radius 3 is 2.74 bits per heavy atom. The number of esters is 1. The summed E-state index contributed by atoms with van der Waals surface area (Å²) in [6, 6.07) is 14.3. The van der Waals surface area contributed by atoms with Crippen molar-refractivity contribution in [3.05, 3.63) is 87.2 Å². The first-order valence-electron chi connectivity index (χ1n) is 11.4. The van der Waals surface area contributed by atoms with Crippen molar-refractivity contribution < 1.29 is 19.4 Å². The molecule has 0 unspecified atom stereocenters. The Kier molecular flexibility index (Phi) is 7.69. The molecule has 5 nitrogen and oxygen atoms in total. The van der Waals surface area contributed by atoms with Crippen molar-refractivity contribution in [3.8, 4) is 5.75 Å². The number of hydrogen-bond acceptors (Lipinski definition) is 6. The smallest absolute Gasteiger partial charge is 0.336 e. The summed E-state index contributed by atoms with van der Waals surface area (Å²) in [5, 5.41) is 14.1. The molecule has 0 fully saturated rings. The first-order valence-corrected chi connectivity index (χ1v) is 13.0. The number of ether oxygens (including phenoxy) is 1. The molecule has 2 aromatic carbocycles. The predicted octanol–water partition coefficient (Wildman–Crippen LogP) is 5.70. The molecule has 0 aromatic heterocycles. The minimum absolute atomic E-state index is 0.0358. The monoisotopic (exact) mass is 497 g/mol. The van der Waals surface area contributed by atoms with Gasteiger partial charge in [-0.1, -0.05) is 48.9 Å². The lowest BCUT2D eigenvalue weighted by Gasteiger charge is -2.37. The zero-order valence-electron chi connectivity index (χ0n) is 19.3. The first kappa shape index (κ1) is 24.4. The number of dihydropyridines is 1. The molecule has 0 bridgehead atoms. The molecule has 0 amide bonds. The molecule has 2 aliphatic rings. The topological polar surface area (TPSA) is 75.6 Å². The third-order valence-electron chi connectivity index (χ3n) is 6.26. The lowest BCUT2D eigenvalue weighted by atomic mass is 9.71. The van der Waals surface area contributed by atoms with Gasteiger partial charge in [-0.2, -0.15) is 11.8 Å². The van der Waals surface area contributed by atoms with E-state index in [0.717, 1.165) is 17.0 Å². The molecule has 0 saturated carbocycles. The number of thioether (sulfide) groups is 1. The Hall–Kier alpha value is -2.70. The normalized spacial score (nSPS) is 20.1. The lowest BCUT2D eigenvalue weighted by molar-refractivity contribution is -0.138. The molecule has 0 radical (unpaired) electrons. The number of benzene rings is 2. The summed E-state index contributed by atoms with van der Waals surface area (Å²) in [4.78, 5) is 26.8. The fourth-order valence-electron chi connectivity index (χ4n) is 4.79. The number of Topliss-reactive ketones (excluding diaryl/α,β-unsaturated/α-hetero) is 1. The van der Waals surface area contributed by atoms with Crippen LogP contribution in [0.4, 0.5) is 0 Å². The van der Waals surface area contributed by atoms with Gasteiger partial charge in [-0.05, 0) is 54.3 Å². The van der Waals surface area contributed by atoms with Crippen molar-refractivity contribution in [1.29, 1.82) is 0 Å². The maximum Gasteiger partial charge on any atom is 0.336 e. The summed E-state index contributed by atoms with van der Waals surface area (Å²) < 4.78 is 5.59. The highest BCUT2D eigenvalue weighted by molar-refractivity contribution is 7.99. The maximum absolute atomic E-state index is 13.6. The van der Waals surface area contributed by atoms with E-state index in [1.807, 2.05) is 37.3 Å². The summed E-state index contributed by atoms with van der Waals surface area (Å²) in [6.07, 6.45) is 0.904. The number of nitrogens with one attached hydrogen (secondary N) is 1. The van der Waals surface area contributed by atoms with Crippen molar-refractivity contribution in [1.82, 2.24) is 5.32 Å². The number of carbonyl (C=O) groups excluding carboxylic acids is 2. The van der Waals surface area contributed by atoms with Gasteiger partial charge in [-0.3, -0.25) is 4.79 Å². The molecule has 34 heavy (non-hydrogen) atoms. The van der Waals surface area contributed by atoms with Crippen LogP contribution in [0.15, 0.2) is 71.1 Å². The average Bonchev–Trinajstić information content (AvgIpc) is 2.81. The van der Waals surface area contributed by atoms with Gasteiger partial charge in [0.2, 0.25) is 0 Å². The lowest BCUT2D eigenvalue weighted by Crippen LogP contribution is -2.36. The van der Waals surface area contributed by atoms with E-state index in [2.05, 4.69) is 12.2 Å². The summed E-state index contributed by atoms with van der Waals surface area (Å²) in [6.45, 7) is 4.19. The molecule has 1 aliphatic carbocycles. The SMILES string of the molecule is CCSCCOC(=O)C1=C(C)NC2=C(C(=O)C[C@@H](c3ccccc3Cl)C2)[C@H]1c1cccc(O)c1. The molecule has 4 rings (SSSR count). The van der Waals surface area contributed by atoms with Gasteiger partial charge in [-0.15, -0.1) is 0 Å². The van der Waals surface area contributed by atoms with Crippen LogP contribution in [-0.4, -0.2) is 35.0 Å². The minimum atomic E-state index is -0.602. The van der Waals surface area contributed by atoms with Gasteiger partial charge in [0, 0.05) is 40.1 Å². The van der Waals surface area contributed by atoms with Gasteiger partial charge in [0.05, 0.1) is 5.57 Å². The van der Waals surface area contributed by atoms with Gasteiger partial charge in [0.25, 0.3) is 0 Å². The number of allylic oxidation sites excluding steroid dienone is 3. The second kappa shape index (κ2) is 10.7. The van der Waals surface area contributed by atoms with Crippen molar-refractivity contribution in [2.45, 2.75) is 38.5 Å². The number of hydrogen-bond donors (Lipinski definition) is 2. The Bertz CT molecular complexity index is 1170. The fraction of sp³-hybridized carbons (Fsp3) is 0.333. The highest BCUT2D eigenvalue weighted by Gasteiger charge is 2.41. The number of halogens is 1. The van der Waals surface area contributed by atoms with E-state index >= 15 is 0 Å². The van der Waals surface area contributed by atoms with Crippen molar-refractivity contribution in [2.24, 2.45) is 0 Å². The fourth-order valence-corrected chi connectivity index (χ4v) is 5.57. The number of phenolic OH excluding ortho intramolecular Hbond substituents is 1. The Balaban J connectivity index is 1.73. The second-order valence-electron chi connectivity index (χ2n) is 8.47. The number of phenols is 1. The highest BCUT2D eigenvalue weighted by Crippen LogP contribution is 2.46. The van der Waals surface area contributed by atoms with E-state index in [0.29, 0.717) is 52.6 Å². The molecule has 2 aromatic rings. The number of rotatable bonds is 7. The quantitative estimate of drug-likeness (QED) is 0.377. The number of aromatic hydroxyl groups is 1. The van der Waals surface area contributed by atoms with Crippen molar-refractivity contribution in [3.63, 3.8) is 0 Å². The first-order chi connectivity index (χ1) is 16.4. The van der Waals surface area contributed by atoms with Crippen LogP contribution in [0.5, 0.6) is 5.75 Å². The predicted molar refractivity (Wildman–Crippen MR) is 136 cm³/mol. The zero-order valence-corrected chi connectivity index (χ0v) is 20.8. The van der Waals surface area contributed by atoms with Crippen LogP contribution in [0.2, 0.25) is 5.02 Å². The molecule has 1 aliphatic heterocycles. The molecule has 0 saturated heterocycles. The molecular formula is C27H28ClNO4S. The third-order valence-corrected chi connectivity index (χ3v) is 7.47. The van der Waals surface area contributed by atoms with Gasteiger partial charge in [-0.25, -0.2) is 4.79 Å². The minimum Gasteiger partial charge on any atom is -0.508 e. The van der Waals surface area contributed by atoms with Crippen LogP contribution in [0.1, 0.15) is 49.7 Å². The van der Waals surface area contributed by atoms with Crippen LogP contribution >= 0.6 is 23.4 Å². The average molecular weight is 498 g/mol. The maximum atomic E-state index is 13.6. The van der Waals surface area contributed by atoms with E-state index in [-0.39, 0.29) is 17.5 Å². The zero-order chi connectivity index (χ0) is 24.2. The van der Waals surface area contributed by atoms with Gasteiger partial charge in [0.15, 0.2) is 5.78 Å². The third kappa shape index (κ3) is 5.03. The van der Waals surface area contributed by atoms with Crippen LogP contribution in [0.3, 0.4) is 0 Å². The molecule has 1 heterocycles. The number of carbonyl (C=O) groups is 2. The van der Waals surface area contributed by atoms with Gasteiger partial charge < -0.3 is 15.2 Å². The summed E-state index contributed by atoms with van der Waals surface area (Å²) in [5.41, 5.74) is 4.07. The standard InChI is InChI=1S/C27H28ClNO4S/c1-3-34-12-11-33-27(32)24-16(2)29-22-14-18(20-9-4-5-10-21(20)28)15-23(31)26(22)25(24)17-7-6-8-19(30)13-17/h4-10,13,18,25,29-30H,3,11-12,14-15H2,1-2H3/t18-,25-/m0/s1. The van der Waals surface area contributed by atoms with Gasteiger partial charge >= 0.3 is 5.97 Å². The van der Waals surface area contributed by atoms with E-state index in [9.17, 15) is 14.7 Å². The Morgan fingerprint density at radius 1 is 1.21 bits per heavy atom. The molecule has 7 heteroatoms. The summed E-state index contributed by atoms with van der Waals surface area (Å²) in [7, 11) is 0. The van der Waals surface area contributed by atoms with Crippen LogP contribution in [0, 0.1) is 0 Å². The van der Waals surface area contributed by atoms with Crippen LogP contribution < -0.4 is 5.32 Å². The van der Waals surface area contributed by atoms with E-state index in [1.54, 1.807) is 30.0 Å². The van der Waals surface area contributed by atoms with E-state index < -0.39 is 11.9 Å². The summed E-state index contributed by atoms with van der Waals surface area (Å²) in [5.74, 6) is 0.614. The molecular weight excluding hydrogens is 470 g/mol. The molecule has 2 atom stereocenters. The molecule has 178 valence electrons. The van der Waals surface area contributed by atoms with Gasteiger partial charge in [0.1, 0.15) is 12.4 Å². The van der Waals surface area contributed by atoms with Crippen molar-refractivity contribution >= 4 is 35.1 Å². The largest absolute Gasteiger partial charge is 0.508 e. The highest BCUT2D eigenvalue weighted by atomic mass is 35.5. The Labute approximate surface area is 209 Å². The van der Waals surface area contributed by atoms with E-state index in [4.69, 9.17) is 16.3 Å². The molecule has 0 spiro atoms. The summed E-state index contributed by atoms with van der Waals surface area (Å²) >= 11 is 8.14. The van der Waals surface area contributed by atoms with Crippen LogP contribution in [-0.2, 0) is 14.3 Å². The van der Waals surface area contributed by atoms with Crippen LogP contribution in [0.25, 0.3) is 0 Å². The van der Waals surface area contributed by atoms with E-state index in [1.165, 1.54) is 0 Å². The molecule has 2 N–H and O–H groups in total. The Morgan fingerprint density at radius 2 is 2.00 bits per heavy atom. The van der Waals surface area contributed by atoms with Crippen molar-refractivity contribution in [2.75, 3.05) is 18.1 Å².